The number of carbonyl (C=O) groups is 1. The number of amides is 1. The summed E-state index contributed by atoms with van der Waals surface area (Å²) in [5.74, 6) is 1.11. The first-order valence-electron chi connectivity index (χ1n) is 6.70. The van der Waals surface area contributed by atoms with Crippen LogP contribution in [0.5, 0.6) is 0 Å². The van der Waals surface area contributed by atoms with Gasteiger partial charge in [0.1, 0.15) is 0 Å². The fourth-order valence-corrected chi connectivity index (χ4v) is 2.45. The Hall–Kier alpha value is -0.570. The number of rotatable bonds is 6. The van der Waals surface area contributed by atoms with Gasteiger partial charge in [0.2, 0.25) is 5.91 Å². The summed E-state index contributed by atoms with van der Waals surface area (Å²) in [6.45, 7) is 3.27. The van der Waals surface area contributed by atoms with Crippen LogP contribution in [-0.4, -0.2) is 25.5 Å². The van der Waals surface area contributed by atoms with Crippen LogP contribution in [0.25, 0.3) is 0 Å². The highest BCUT2D eigenvalue weighted by Gasteiger charge is 2.18. The Balaban J connectivity index is 2.00. The summed E-state index contributed by atoms with van der Waals surface area (Å²) in [5, 5.41) is 6.22. The predicted molar refractivity (Wildman–Crippen MR) is 67.3 cm³/mol. The molecule has 1 aliphatic carbocycles. The van der Waals surface area contributed by atoms with Crippen molar-refractivity contribution in [3.8, 4) is 0 Å². The Morgan fingerprint density at radius 1 is 1.25 bits per heavy atom. The lowest BCUT2D eigenvalue weighted by Gasteiger charge is -2.28. The van der Waals surface area contributed by atoms with Crippen molar-refractivity contribution in [2.24, 2.45) is 5.92 Å². The van der Waals surface area contributed by atoms with Gasteiger partial charge in [-0.15, -0.1) is 0 Å². The van der Waals surface area contributed by atoms with Crippen molar-refractivity contribution in [1.82, 2.24) is 10.6 Å². The van der Waals surface area contributed by atoms with Crippen LogP contribution in [0.4, 0.5) is 0 Å². The van der Waals surface area contributed by atoms with E-state index in [1.165, 1.54) is 32.1 Å². The smallest absolute Gasteiger partial charge is 0.219 e. The molecule has 1 amide bonds. The summed E-state index contributed by atoms with van der Waals surface area (Å²) in [7, 11) is 1.70. The zero-order chi connectivity index (χ0) is 11.8. The summed E-state index contributed by atoms with van der Waals surface area (Å²) >= 11 is 0. The van der Waals surface area contributed by atoms with Gasteiger partial charge >= 0.3 is 0 Å². The molecule has 0 spiro atoms. The molecule has 1 fully saturated rings. The third-order valence-electron chi connectivity index (χ3n) is 3.72. The van der Waals surface area contributed by atoms with Crippen molar-refractivity contribution in [1.29, 1.82) is 0 Å². The Morgan fingerprint density at radius 2 is 1.94 bits per heavy atom. The summed E-state index contributed by atoms with van der Waals surface area (Å²) in [6, 6.07) is 0.701. The van der Waals surface area contributed by atoms with Crippen LogP contribution in [0.15, 0.2) is 0 Å². The molecule has 0 aromatic heterocycles. The zero-order valence-electron chi connectivity index (χ0n) is 10.7. The van der Waals surface area contributed by atoms with E-state index in [2.05, 4.69) is 17.6 Å². The van der Waals surface area contributed by atoms with Crippen LogP contribution in [0.1, 0.15) is 51.9 Å². The maximum atomic E-state index is 11.0. The van der Waals surface area contributed by atoms with E-state index in [1.807, 2.05) is 0 Å². The first-order chi connectivity index (χ1) is 7.76. The Bertz CT molecular complexity index is 198. The largest absolute Gasteiger partial charge is 0.359 e. The van der Waals surface area contributed by atoms with Gasteiger partial charge < -0.3 is 10.6 Å². The summed E-state index contributed by atoms with van der Waals surface area (Å²) < 4.78 is 0. The molecule has 0 aromatic rings. The van der Waals surface area contributed by atoms with Crippen LogP contribution in [0.3, 0.4) is 0 Å². The Morgan fingerprint density at radius 3 is 2.50 bits per heavy atom. The van der Waals surface area contributed by atoms with Gasteiger partial charge in [-0.1, -0.05) is 13.3 Å². The van der Waals surface area contributed by atoms with E-state index in [9.17, 15) is 4.79 Å². The van der Waals surface area contributed by atoms with Crippen LogP contribution in [0.2, 0.25) is 0 Å². The summed E-state index contributed by atoms with van der Waals surface area (Å²) in [6.07, 6.45) is 8.33. The molecule has 3 heteroatoms. The lowest BCUT2D eigenvalue weighted by Crippen LogP contribution is -2.34. The van der Waals surface area contributed by atoms with Crippen molar-refractivity contribution in [3.05, 3.63) is 0 Å². The predicted octanol–water partition coefficient (Wildman–Crippen LogP) is 2.07. The van der Waals surface area contributed by atoms with Gasteiger partial charge in [0, 0.05) is 19.5 Å². The van der Waals surface area contributed by atoms with Crippen molar-refractivity contribution < 1.29 is 4.79 Å². The minimum Gasteiger partial charge on any atom is -0.359 e. The van der Waals surface area contributed by atoms with Crippen molar-refractivity contribution >= 4 is 5.91 Å². The molecule has 2 N–H and O–H groups in total. The number of carbonyl (C=O) groups excluding carboxylic acids is 1. The van der Waals surface area contributed by atoms with Gasteiger partial charge in [0.25, 0.3) is 0 Å². The SMILES string of the molecule is CCC1CCC(NCCCC(=O)NC)CC1. The minimum absolute atomic E-state index is 0.150. The molecule has 1 rings (SSSR count). The molecule has 0 saturated heterocycles. The van der Waals surface area contributed by atoms with Gasteiger partial charge in [0.05, 0.1) is 0 Å². The third kappa shape index (κ3) is 4.97. The van der Waals surface area contributed by atoms with E-state index in [4.69, 9.17) is 0 Å². The molecule has 0 radical (unpaired) electrons. The van der Waals surface area contributed by atoms with Crippen molar-refractivity contribution in [3.63, 3.8) is 0 Å². The highest BCUT2D eigenvalue weighted by molar-refractivity contribution is 5.75. The summed E-state index contributed by atoms with van der Waals surface area (Å²) in [4.78, 5) is 11.0. The first kappa shape index (κ1) is 13.5. The van der Waals surface area contributed by atoms with Gasteiger partial charge in [0.15, 0.2) is 0 Å². The number of hydrogen-bond acceptors (Lipinski definition) is 2. The van der Waals surface area contributed by atoms with Crippen LogP contribution >= 0.6 is 0 Å². The first-order valence-corrected chi connectivity index (χ1v) is 6.70. The molecule has 0 aromatic carbocycles. The standard InChI is InChI=1S/C13H26N2O/c1-3-11-6-8-12(9-7-11)15-10-4-5-13(16)14-2/h11-12,15H,3-10H2,1-2H3,(H,14,16). The van der Waals surface area contributed by atoms with Gasteiger partial charge in [-0.2, -0.15) is 0 Å². The van der Waals surface area contributed by atoms with E-state index >= 15 is 0 Å². The van der Waals surface area contributed by atoms with E-state index in [1.54, 1.807) is 7.05 Å². The maximum Gasteiger partial charge on any atom is 0.219 e. The molecule has 0 unspecified atom stereocenters. The van der Waals surface area contributed by atoms with Gasteiger partial charge in [-0.05, 0) is 44.6 Å². The topological polar surface area (TPSA) is 41.1 Å². The monoisotopic (exact) mass is 226 g/mol. The quantitative estimate of drug-likeness (QED) is 0.681. The highest BCUT2D eigenvalue weighted by Crippen LogP contribution is 2.26. The van der Waals surface area contributed by atoms with E-state index in [0.717, 1.165) is 18.9 Å². The average molecular weight is 226 g/mol. The summed E-state index contributed by atoms with van der Waals surface area (Å²) in [5.41, 5.74) is 0. The highest BCUT2D eigenvalue weighted by atomic mass is 16.1. The molecule has 0 heterocycles. The van der Waals surface area contributed by atoms with E-state index in [-0.39, 0.29) is 5.91 Å². The molecule has 16 heavy (non-hydrogen) atoms. The molecule has 94 valence electrons. The molecular formula is C13H26N2O. The maximum absolute atomic E-state index is 11.0. The van der Waals surface area contributed by atoms with E-state index in [0.29, 0.717) is 12.5 Å². The molecular weight excluding hydrogens is 200 g/mol. The van der Waals surface area contributed by atoms with Gasteiger partial charge in [-0.25, -0.2) is 0 Å². The zero-order valence-corrected chi connectivity index (χ0v) is 10.7. The molecule has 3 nitrogen and oxygen atoms in total. The third-order valence-corrected chi connectivity index (χ3v) is 3.72. The second-order valence-electron chi connectivity index (χ2n) is 4.86. The van der Waals surface area contributed by atoms with Crippen molar-refractivity contribution in [2.45, 2.75) is 57.9 Å². The average Bonchev–Trinajstić information content (AvgIpc) is 2.35. The fourth-order valence-electron chi connectivity index (χ4n) is 2.45. The molecule has 1 aliphatic rings. The number of nitrogens with one attached hydrogen (secondary N) is 2. The molecule has 1 saturated carbocycles. The van der Waals surface area contributed by atoms with Crippen molar-refractivity contribution in [2.75, 3.05) is 13.6 Å². The number of hydrogen-bond donors (Lipinski definition) is 2. The minimum atomic E-state index is 0.150. The normalized spacial score (nSPS) is 25.4. The Labute approximate surface area is 99.4 Å². The van der Waals surface area contributed by atoms with Crippen LogP contribution < -0.4 is 10.6 Å². The van der Waals surface area contributed by atoms with Crippen LogP contribution in [0, 0.1) is 5.92 Å². The van der Waals surface area contributed by atoms with E-state index < -0.39 is 0 Å². The fraction of sp³-hybridized carbons (Fsp3) is 0.923. The second kappa shape index (κ2) is 7.66. The molecule has 0 bridgehead atoms. The second-order valence-corrected chi connectivity index (χ2v) is 4.86. The lowest BCUT2D eigenvalue weighted by atomic mass is 9.84. The molecule has 0 aliphatic heterocycles. The molecule has 0 atom stereocenters. The van der Waals surface area contributed by atoms with Gasteiger partial charge in [-0.3, -0.25) is 4.79 Å². The van der Waals surface area contributed by atoms with Crippen LogP contribution in [-0.2, 0) is 4.79 Å². The lowest BCUT2D eigenvalue weighted by molar-refractivity contribution is -0.120. The Kier molecular flexibility index (Phi) is 6.46.